The Hall–Kier alpha value is -1.56. The Balaban J connectivity index is 1.62. The average Bonchev–Trinajstić information content (AvgIpc) is 3.31. The van der Waals surface area contributed by atoms with Gasteiger partial charge in [0.2, 0.25) is 0 Å². The Morgan fingerprint density at radius 2 is 0.792 bits per heavy atom. The number of fused-ring (bicyclic) bond motifs is 18. The summed E-state index contributed by atoms with van der Waals surface area (Å²) >= 11 is 0. The molecule has 6 atom stereocenters. The van der Waals surface area contributed by atoms with E-state index in [2.05, 4.69) is 39.0 Å². The smallest absolute Gasteiger partial charge is 0.00605 e. The highest BCUT2D eigenvalue weighted by Crippen LogP contribution is 2.68. The van der Waals surface area contributed by atoms with E-state index in [9.17, 15) is 0 Å². The Morgan fingerprint density at radius 1 is 0.500 bits per heavy atom. The number of allylic oxidation sites excluding steroid dienone is 6. The number of benzene rings is 1. The van der Waals surface area contributed by atoms with Crippen LogP contribution in [-0.4, -0.2) is 0 Å². The summed E-state index contributed by atoms with van der Waals surface area (Å²) < 4.78 is 0. The van der Waals surface area contributed by atoms with E-state index in [-0.39, 0.29) is 0 Å². The monoisotopic (exact) mass is 312 g/mol. The summed E-state index contributed by atoms with van der Waals surface area (Å²) in [5.41, 5.74) is 15.9. The third kappa shape index (κ3) is 1.14. The van der Waals surface area contributed by atoms with Gasteiger partial charge in [0, 0.05) is 35.5 Å². The van der Waals surface area contributed by atoms with E-state index in [1.165, 1.54) is 19.3 Å². The summed E-state index contributed by atoms with van der Waals surface area (Å²) in [6, 6.07) is 0. The van der Waals surface area contributed by atoms with Crippen molar-refractivity contribution >= 4 is 0 Å². The fourth-order valence-electron chi connectivity index (χ4n) is 7.66. The van der Waals surface area contributed by atoms with Crippen LogP contribution in [0.5, 0.6) is 0 Å². The van der Waals surface area contributed by atoms with Crippen molar-refractivity contribution in [2.45, 2.75) is 75.5 Å². The van der Waals surface area contributed by atoms with Gasteiger partial charge in [-0.05, 0) is 73.4 Å². The molecule has 6 aliphatic carbocycles. The normalized spacial score (nSPS) is 41.4. The van der Waals surface area contributed by atoms with Crippen LogP contribution < -0.4 is 0 Å². The molecule has 1 aromatic rings. The average molecular weight is 312 g/mol. The lowest BCUT2D eigenvalue weighted by molar-refractivity contribution is 0.760. The van der Waals surface area contributed by atoms with E-state index in [0.717, 1.165) is 35.5 Å². The van der Waals surface area contributed by atoms with Crippen LogP contribution in [0, 0.1) is 0 Å². The summed E-state index contributed by atoms with van der Waals surface area (Å²) in [7, 11) is 0. The molecule has 120 valence electrons. The Labute approximate surface area is 144 Å². The molecule has 0 aromatic heterocycles. The quantitative estimate of drug-likeness (QED) is 0.495. The van der Waals surface area contributed by atoms with E-state index in [4.69, 9.17) is 0 Å². The fourth-order valence-corrected chi connectivity index (χ4v) is 7.66. The zero-order valence-electron chi connectivity index (χ0n) is 14.8. The second-order valence-electron chi connectivity index (χ2n) is 9.40. The first-order valence-electron chi connectivity index (χ1n) is 9.91. The van der Waals surface area contributed by atoms with Crippen LogP contribution in [0.25, 0.3) is 0 Å². The van der Waals surface area contributed by atoms with Crippen molar-refractivity contribution in [2.24, 2.45) is 0 Å². The zero-order valence-corrected chi connectivity index (χ0v) is 14.8. The Kier molecular flexibility index (Phi) is 1.95. The number of rotatable bonds is 0. The molecule has 0 fully saturated rings. The molecule has 0 radical (unpaired) electrons. The zero-order chi connectivity index (χ0) is 15.9. The maximum atomic E-state index is 2.61. The SMILES string of the molecule is CC1=C[C@@H]2C[C@H]1c1c2c2c(c3c1[C@@H]1C=C(C)[C@H]3C1)[C@@H]1C=C(C)[C@H]2C1. The van der Waals surface area contributed by atoms with Gasteiger partial charge in [0.05, 0.1) is 0 Å². The van der Waals surface area contributed by atoms with Crippen molar-refractivity contribution in [3.63, 3.8) is 0 Å². The van der Waals surface area contributed by atoms with Crippen molar-refractivity contribution in [1.29, 1.82) is 0 Å². The van der Waals surface area contributed by atoms with Crippen molar-refractivity contribution in [3.05, 3.63) is 68.3 Å². The molecular weight excluding hydrogens is 288 g/mol. The molecule has 0 heterocycles. The van der Waals surface area contributed by atoms with Crippen molar-refractivity contribution in [1.82, 2.24) is 0 Å². The molecule has 0 nitrogen and oxygen atoms in total. The van der Waals surface area contributed by atoms with Crippen LogP contribution in [0.15, 0.2) is 34.9 Å². The van der Waals surface area contributed by atoms with Gasteiger partial charge in [0.1, 0.15) is 0 Å². The van der Waals surface area contributed by atoms with Gasteiger partial charge in [0.15, 0.2) is 0 Å². The minimum atomic E-state index is 0.736. The van der Waals surface area contributed by atoms with Crippen LogP contribution in [0.4, 0.5) is 0 Å². The first-order chi connectivity index (χ1) is 11.6. The van der Waals surface area contributed by atoms with Gasteiger partial charge >= 0.3 is 0 Å². The predicted octanol–water partition coefficient (Wildman–Crippen LogP) is 6.28. The highest BCUT2D eigenvalue weighted by atomic mass is 14.6. The molecule has 0 spiro atoms. The van der Waals surface area contributed by atoms with E-state index in [1.807, 2.05) is 33.4 Å². The van der Waals surface area contributed by atoms with Crippen molar-refractivity contribution < 1.29 is 0 Å². The third-order valence-corrected chi connectivity index (χ3v) is 8.41. The van der Waals surface area contributed by atoms with E-state index in [1.54, 1.807) is 16.7 Å². The molecule has 0 saturated heterocycles. The van der Waals surface area contributed by atoms with Gasteiger partial charge in [-0.2, -0.15) is 0 Å². The summed E-state index contributed by atoms with van der Waals surface area (Å²) in [5.74, 6) is 4.46. The van der Waals surface area contributed by atoms with Crippen molar-refractivity contribution in [3.8, 4) is 0 Å². The van der Waals surface area contributed by atoms with Gasteiger partial charge in [-0.1, -0.05) is 34.9 Å². The Morgan fingerprint density at radius 3 is 1.08 bits per heavy atom. The fraction of sp³-hybridized carbons (Fsp3) is 0.500. The highest BCUT2D eigenvalue weighted by Gasteiger charge is 2.52. The van der Waals surface area contributed by atoms with Crippen LogP contribution in [-0.2, 0) is 0 Å². The second kappa shape index (κ2) is 3.66. The van der Waals surface area contributed by atoms with Gasteiger partial charge in [-0.25, -0.2) is 0 Å². The molecule has 24 heavy (non-hydrogen) atoms. The first kappa shape index (κ1) is 12.8. The van der Waals surface area contributed by atoms with Crippen LogP contribution in [0.3, 0.4) is 0 Å². The Bertz CT molecular complexity index is 806. The lowest BCUT2D eigenvalue weighted by Crippen LogP contribution is -2.15. The maximum Gasteiger partial charge on any atom is 0.00605 e. The van der Waals surface area contributed by atoms with Gasteiger partial charge < -0.3 is 0 Å². The topological polar surface area (TPSA) is 0 Å². The summed E-state index contributed by atoms with van der Waals surface area (Å²) in [6.07, 6.45) is 12.0. The molecule has 6 bridgehead atoms. The lowest BCUT2D eigenvalue weighted by Gasteiger charge is -2.31. The molecular formula is C24H24. The maximum absolute atomic E-state index is 2.61. The number of hydrogen-bond acceptors (Lipinski definition) is 0. The van der Waals surface area contributed by atoms with Crippen molar-refractivity contribution in [2.75, 3.05) is 0 Å². The second-order valence-corrected chi connectivity index (χ2v) is 9.40. The van der Waals surface area contributed by atoms with Gasteiger partial charge in [0.25, 0.3) is 0 Å². The minimum Gasteiger partial charge on any atom is -0.0774 e. The van der Waals surface area contributed by atoms with E-state index in [0.29, 0.717) is 0 Å². The standard InChI is InChI=1S/C24H24/c1-10-4-13-7-16(10)22-19(13)23-17-9-15(6-12(17)3)21(23)24-18-8-14(20(22)24)5-11(18)2/h4-6,13-18H,7-9H2,1-3H3/t13-,14-,15-,16-,17-,18-/m1/s1. The van der Waals surface area contributed by atoms with Crippen LogP contribution >= 0.6 is 0 Å². The molecule has 1 aromatic carbocycles. The molecule has 0 saturated carbocycles. The summed E-state index contributed by atoms with van der Waals surface area (Å²) in [6.45, 7) is 7.16. The summed E-state index contributed by atoms with van der Waals surface area (Å²) in [5, 5.41) is 0. The van der Waals surface area contributed by atoms with Gasteiger partial charge in [-0.3, -0.25) is 0 Å². The first-order valence-corrected chi connectivity index (χ1v) is 9.91. The molecule has 0 aliphatic heterocycles. The molecule has 7 rings (SSSR count). The minimum absolute atomic E-state index is 0.736. The lowest BCUT2D eigenvalue weighted by atomic mass is 9.73. The van der Waals surface area contributed by atoms with Gasteiger partial charge in [-0.15, -0.1) is 0 Å². The number of hydrogen-bond donors (Lipinski definition) is 0. The van der Waals surface area contributed by atoms with Crippen LogP contribution in [0.2, 0.25) is 0 Å². The molecule has 6 aliphatic rings. The molecule has 0 N–H and O–H groups in total. The molecule has 0 amide bonds. The van der Waals surface area contributed by atoms with E-state index < -0.39 is 0 Å². The van der Waals surface area contributed by atoms with Crippen LogP contribution in [0.1, 0.15) is 109 Å². The molecule has 0 heteroatoms. The van der Waals surface area contributed by atoms with E-state index >= 15 is 0 Å². The molecule has 0 unspecified atom stereocenters. The predicted molar refractivity (Wildman–Crippen MR) is 98.0 cm³/mol. The summed E-state index contributed by atoms with van der Waals surface area (Å²) in [4.78, 5) is 0. The largest absolute Gasteiger partial charge is 0.0774 e. The highest BCUT2D eigenvalue weighted by molar-refractivity contribution is 5.73. The third-order valence-electron chi connectivity index (χ3n) is 8.41.